The average Bonchev–Trinajstić information content (AvgIpc) is 2.98. The molecular formula is C24H37F3O3. The second kappa shape index (κ2) is 7.11. The van der Waals surface area contributed by atoms with E-state index in [2.05, 4.69) is 20.8 Å². The predicted octanol–water partition coefficient (Wildman–Crippen LogP) is 6.05. The number of hydrogen-bond donors (Lipinski definition) is 2. The minimum absolute atomic E-state index is 0.0312. The van der Waals surface area contributed by atoms with Crippen LogP contribution in [0.1, 0.15) is 85.0 Å². The molecule has 0 amide bonds. The lowest BCUT2D eigenvalue weighted by Gasteiger charge is -2.63. The third-order valence-electron chi connectivity index (χ3n) is 10.2. The molecule has 9 atom stereocenters. The maximum Gasteiger partial charge on any atom is 0.303 e. The number of carboxylic acid groups (broad SMARTS) is 1. The monoisotopic (exact) mass is 430 g/mol. The van der Waals surface area contributed by atoms with Crippen LogP contribution in [0, 0.1) is 46.3 Å². The van der Waals surface area contributed by atoms with Gasteiger partial charge < -0.3 is 10.2 Å². The van der Waals surface area contributed by atoms with E-state index in [1.165, 1.54) is 0 Å². The molecule has 4 fully saturated rings. The van der Waals surface area contributed by atoms with Crippen LogP contribution < -0.4 is 0 Å². The van der Waals surface area contributed by atoms with E-state index in [9.17, 15) is 18.7 Å². The molecule has 0 aromatic rings. The Morgan fingerprint density at radius 1 is 1.00 bits per heavy atom. The summed E-state index contributed by atoms with van der Waals surface area (Å²) >= 11 is 0. The minimum atomic E-state index is -2.76. The highest BCUT2D eigenvalue weighted by Gasteiger charge is 2.68. The summed E-state index contributed by atoms with van der Waals surface area (Å²) in [6.45, 7) is 6.39. The molecule has 4 saturated carbocycles. The molecule has 3 nitrogen and oxygen atoms in total. The van der Waals surface area contributed by atoms with Crippen LogP contribution in [0.3, 0.4) is 0 Å². The molecule has 0 bridgehead atoms. The van der Waals surface area contributed by atoms with Crippen molar-refractivity contribution in [1.82, 2.24) is 0 Å². The highest BCUT2D eigenvalue weighted by Crippen LogP contribution is 2.71. The SMILES string of the molecule is CC(CCC(=O)O)C1CCC2C3C(CCC12C)C1(C)CCC(F)(F)CC1CC3(O)F. The van der Waals surface area contributed by atoms with Gasteiger partial charge in [-0.3, -0.25) is 4.79 Å². The number of aliphatic hydroxyl groups is 1. The van der Waals surface area contributed by atoms with Gasteiger partial charge in [-0.1, -0.05) is 20.8 Å². The van der Waals surface area contributed by atoms with Gasteiger partial charge in [0.05, 0.1) is 0 Å². The number of hydrogen-bond acceptors (Lipinski definition) is 2. The molecular weight excluding hydrogens is 393 g/mol. The van der Waals surface area contributed by atoms with E-state index in [-0.39, 0.29) is 54.3 Å². The lowest BCUT2D eigenvalue weighted by atomic mass is 9.43. The number of carboxylic acids is 1. The normalized spacial score (nSPS) is 50.8. The predicted molar refractivity (Wildman–Crippen MR) is 108 cm³/mol. The summed E-state index contributed by atoms with van der Waals surface area (Å²) in [6.07, 6.45) is 4.00. The van der Waals surface area contributed by atoms with Crippen LogP contribution in [0.25, 0.3) is 0 Å². The van der Waals surface area contributed by atoms with Crippen LogP contribution in [0.2, 0.25) is 0 Å². The third kappa shape index (κ3) is 3.40. The molecule has 0 aromatic heterocycles. The lowest BCUT2D eigenvalue weighted by Crippen LogP contribution is -2.62. The summed E-state index contributed by atoms with van der Waals surface area (Å²) in [5, 5.41) is 20.0. The van der Waals surface area contributed by atoms with E-state index in [4.69, 9.17) is 5.11 Å². The van der Waals surface area contributed by atoms with Crippen LogP contribution in [-0.2, 0) is 4.79 Å². The molecule has 0 saturated heterocycles. The number of halogens is 3. The first-order valence-electron chi connectivity index (χ1n) is 11.8. The molecule has 2 N–H and O–H groups in total. The number of carbonyl (C=O) groups is 1. The van der Waals surface area contributed by atoms with E-state index in [0.717, 1.165) is 25.7 Å². The van der Waals surface area contributed by atoms with Crippen molar-refractivity contribution in [2.45, 2.75) is 96.8 Å². The van der Waals surface area contributed by atoms with E-state index in [1.54, 1.807) is 0 Å². The Kier molecular flexibility index (Phi) is 5.31. The summed E-state index contributed by atoms with van der Waals surface area (Å²) in [6, 6.07) is 0. The molecule has 0 radical (unpaired) electrons. The van der Waals surface area contributed by atoms with Crippen molar-refractivity contribution in [3.63, 3.8) is 0 Å². The summed E-state index contributed by atoms with van der Waals surface area (Å²) < 4.78 is 44.1. The Balaban J connectivity index is 1.61. The summed E-state index contributed by atoms with van der Waals surface area (Å²) in [5.74, 6) is -6.39. The van der Waals surface area contributed by atoms with Crippen molar-refractivity contribution in [2.24, 2.45) is 46.3 Å². The van der Waals surface area contributed by atoms with Gasteiger partial charge in [0.1, 0.15) is 0 Å². The topological polar surface area (TPSA) is 57.5 Å². The second-order valence-electron chi connectivity index (χ2n) is 11.7. The number of fused-ring (bicyclic) bond motifs is 5. The molecule has 4 rings (SSSR count). The first kappa shape index (κ1) is 22.4. The van der Waals surface area contributed by atoms with Crippen molar-refractivity contribution in [3.05, 3.63) is 0 Å². The number of rotatable bonds is 4. The van der Waals surface area contributed by atoms with Crippen LogP contribution in [0.4, 0.5) is 13.2 Å². The van der Waals surface area contributed by atoms with Crippen molar-refractivity contribution >= 4 is 5.97 Å². The molecule has 0 heterocycles. The fraction of sp³-hybridized carbons (Fsp3) is 0.958. The molecule has 4 aliphatic carbocycles. The van der Waals surface area contributed by atoms with Crippen molar-refractivity contribution < 1.29 is 28.2 Å². The molecule has 0 aliphatic heterocycles. The summed E-state index contributed by atoms with van der Waals surface area (Å²) in [4.78, 5) is 11.0. The minimum Gasteiger partial charge on any atom is -0.481 e. The first-order valence-corrected chi connectivity index (χ1v) is 11.8. The molecule has 30 heavy (non-hydrogen) atoms. The van der Waals surface area contributed by atoms with Gasteiger partial charge in [-0.05, 0) is 78.9 Å². The molecule has 4 aliphatic rings. The first-order chi connectivity index (χ1) is 13.8. The van der Waals surface area contributed by atoms with Gasteiger partial charge in [-0.15, -0.1) is 0 Å². The van der Waals surface area contributed by atoms with Crippen LogP contribution >= 0.6 is 0 Å². The van der Waals surface area contributed by atoms with E-state index in [0.29, 0.717) is 18.8 Å². The Morgan fingerprint density at radius 3 is 2.33 bits per heavy atom. The average molecular weight is 431 g/mol. The van der Waals surface area contributed by atoms with E-state index in [1.807, 2.05) is 0 Å². The number of aliphatic carboxylic acids is 1. The van der Waals surface area contributed by atoms with Gasteiger partial charge in [-0.2, -0.15) is 0 Å². The standard InChI is InChI=1S/C24H37F3O3/c1-14(4-7-19(28)29)16-5-6-17-20-18(8-9-22(16,17)3)21(2)10-11-23(25,26)12-15(21)13-24(20,27)30/h14-18,20,30H,4-13H2,1-3H3,(H,28,29). The number of alkyl halides is 3. The molecule has 172 valence electrons. The quantitative estimate of drug-likeness (QED) is 0.571. The fourth-order valence-electron chi connectivity index (χ4n) is 8.65. The van der Waals surface area contributed by atoms with Crippen molar-refractivity contribution in [3.8, 4) is 0 Å². The van der Waals surface area contributed by atoms with E-state index < -0.39 is 29.6 Å². The second-order valence-corrected chi connectivity index (χ2v) is 11.7. The van der Waals surface area contributed by atoms with Gasteiger partial charge in [0.2, 0.25) is 11.8 Å². The zero-order valence-corrected chi connectivity index (χ0v) is 18.5. The van der Waals surface area contributed by atoms with Gasteiger partial charge in [-0.25, -0.2) is 13.2 Å². The van der Waals surface area contributed by atoms with Gasteiger partial charge in [0.25, 0.3) is 0 Å². The summed E-state index contributed by atoms with van der Waals surface area (Å²) in [5.41, 5.74) is -0.458. The highest BCUT2D eigenvalue weighted by molar-refractivity contribution is 5.66. The Morgan fingerprint density at radius 2 is 1.67 bits per heavy atom. The zero-order valence-electron chi connectivity index (χ0n) is 18.5. The van der Waals surface area contributed by atoms with Gasteiger partial charge in [0, 0.05) is 31.6 Å². The largest absolute Gasteiger partial charge is 0.481 e. The lowest BCUT2D eigenvalue weighted by molar-refractivity contribution is -0.278. The molecule has 9 unspecified atom stereocenters. The Hall–Kier alpha value is -0.780. The maximum atomic E-state index is 15.8. The van der Waals surface area contributed by atoms with Gasteiger partial charge in [0.15, 0.2) is 0 Å². The Bertz CT molecular complexity index is 695. The van der Waals surface area contributed by atoms with Crippen LogP contribution in [-0.4, -0.2) is 28.0 Å². The van der Waals surface area contributed by atoms with Crippen molar-refractivity contribution in [2.75, 3.05) is 0 Å². The van der Waals surface area contributed by atoms with Crippen molar-refractivity contribution in [1.29, 1.82) is 0 Å². The highest BCUT2D eigenvalue weighted by atomic mass is 19.3. The van der Waals surface area contributed by atoms with Gasteiger partial charge >= 0.3 is 5.97 Å². The molecule has 0 spiro atoms. The Labute approximate surface area is 177 Å². The molecule has 0 aromatic carbocycles. The van der Waals surface area contributed by atoms with Crippen LogP contribution in [0.15, 0.2) is 0 Å². The zero-order chi connectivity index (χ0) is 22.1. The fourth-order valence-corrected chi connectivity index (χ4v) is 8.65. The van der Waals surface area contributed by atoms with Crippen LogP contribution in [0.5, 0.6) is 0 Å². The maximum absolute atomic E-state index is 15.8. The third-order valence-corrected chi connectivity index (χ3v) is 10.2. The molecule has 6 heteroatoms. The summed E-state index contributed by atoms with van der Waals surface area (Å²) in [7, 11) is 0. The van der Waals surface area contributed by atoms with E-state index >= 15 is 4.39 Å². The smallest absolute Gasteiger partial charge is 0.303 e.